The van der Waals surface area contributed by atoms with Gasteiger partial charge in [0.25, 0.3) is 5.56 Å². The number of carbonyl (C=O) groups is 1. The van der Waals surface area contributed by atoms with E-state index in [1.54, 1.807) is 6.07 Å². The molecular weight excluding hydrogens is 394 g/mol. The lowest BCUT2D eigenvalue weighted by Gasteiger charge is -2.20. The van der Waals surface area contributed by atoms with Gasteiger partial charge in [-0.1, -0.05) is 27.2 Å². The van der Waals surface area contributed by atoms with Crippen LogP contribution in [0.5, 0.6) is 0 Å². The highest BCUT2D eigenvalue weighted by molar-refractivity contribution is 5.83. The number of aromatic nitrogens is 3. The van der Waals surface area contributed by atoms with Crippen LogP contribution in [0.1, 0.15) is 58.0 Å². The van der Waals surface area contributed by atoms with E-state index in [9.17, 15) is 9.59 Å². The van der Waals surface area contributed by atoms with Gasteiger partial charge in [-0.3, -0.25) is 14.0 Å². The molecule has 0 fully saturated rings. The predicted molar refractivity (Wildman–Crippen MR) is 123 cm³/mol. The number of hydrogen-bond acceptors (Lipinski definition) is 5. The number of nitrogens with one attached hydrogen (secondary N) is 1. The summed E-state index contributed by atoms with van der Waals surface area (Å²) in [5, 5.41) is 7.55. The molecule has 0 aromatic carbocycles. The van der Waals surface area contributed by atoms with E-state index in [4.69, 9.17) is 4.42 Å². The maximum absolute atomic E-state index is 12.9. The number of furan rings is 1. The van der Waals surface area contributed by atoms with Gasteiger partial charge in [0.1, 0.15) is 17.1 Å². The van der Waals surface area contributed by atoms with Gasteiger partial charge in [-0.25, -0.2) is 4.68 Å². The Balaban J connectivity index is 1.58. The lowest BCUT2D eigenvalue weighted by atomic mass is 10.3. The Labute approximate surface area is 183 Å². The van der Waals surface area contributed by atoms with Crippen LogP contribution < -0.4 is 10.9 Å². The first-order chi connectivity index (χ1) is 15.0. The Morgan fingerprint density at radius 1 is 1.16 bits per heavy atom. The normalized spacial score (nSPS) is 11.8. The monoisotopic (exact) mass is 429 g/mol. The number of nitrogens with zero attached hydrogens (tertiary/aromatic N) is 4. The van der Waals surface area contributed by atoms with Crippen molar-refractivity contribution < 1.29 is 9.21 Å². The quantitative estimate of drug-likeness (QED) is 0.478. The molecular formula is C23H35N5O3. The van der Waals surface area contributed by atoms with Crippen LogP contribution in [0.4, 0.5) is 0 Å². The Kier molecular flexibility index (Phi) is 7.90. The largest absolute Gasteiger partial charge is 0.460 e. The fourth-order valence-electron chi connectivity index (χ4n) is 3.93. The standard InChI is InChI=1S/C23H35N5O3/c1-5-8-12-26(7-3)14-11-24-22(29)10-9-13-27-23(30)19-16-20-18(15-17(4)31-20)28(19)21(6-2)25-27/h15-16H,5-14H2,1-4H3,(H,24,29). The van der Waals surface area contributed by atoms with Gasteiger partial charge in [0.15, 0.2) is 5.58 Å². The fraction of sp³-hybridized carbons (Fsp3) is 0.609. The zero-order valence-corrected chi connectivity index (χ0v) is 19.2. The van der Waals surface area contributed by atoms with Crippen LogP contribution in [0.3, 0.4) is 0 Å². The highest BCUT2D eigenvalue weighted by Gasteiger charge is 2.16. The second-order valence-electron chi connectivity index (χ2n) is 8.01. The van der Waals surface area contributed by atoms with Crippen molar-refractivity contribution in [3.8, 4) is 0 Å². The fourth-order valence-corrected chi connectivity index (χ4v) is 3.93. The number of unbranched alkanes of at least 4 members (excludes halogenated alkanes) is 1. The van der Waals surface area contributed by atoms with Crippen molar-refractivity contribution in [2.24, 2.45) is 0 Å². The zero-order chi connectivity index (χ0) is 22.4. The minimum Gasteiger partial charge on any atom is -0.460 e. The molecule has 1 N–H and O–H groups in total. The van der Waals surface area contributed by atoms with Crippen LogP contribution in [-0.4, -0.2) is 51.2 Å². The highest BCUT2D eigenvalue weighted by atomic mass is 16.3. The summed E-state index contributed by atoms with van der Waals surface area (Å²) in [7, 11) is 0. The van der Waals surface area contributed by atoms with Crippen LogP contribution >= 0.6 is 0 Å². The summed E-state index contributed by atoms with van der Waals surface area (Å²) >= 11 is 0. The third-order valence-corrected chi connectivity index (χ3v) is 5.68. The molecule has 3 heterocycles. The SMILES string of the molecule is CCCCN(CC)CCNC(=O)CCCn1nc(CC)n2c(cc3oc(C)cc32)c1=O. The third-order valence-electron chi connectivity index (χ3n) is 5.68. The van der Waals surface area contributed by atoms with Crippen molar-refractivity contribution in [3.05, 3.63) is 34.1 Å². The summed E-state index contributed by atoms with van der Waals surface area (Å²) in [6, 6.07) is 3.71. The van der Waals surface area contributed by atoms with E-state index < -0.39 is 0 Å². The summed E-state index contributed by atoms with van der Waals surface area (Å²) in [5.41, 5.74) is 1.98. The maximum atomic E-state index is 12.9. The van der Waals surface area contributed by atoms with Crippen LogP contribution in [-0.2, 0) is 17.8 Å². The molecule has 3 aromatic heterocycles. The first-order valence-electron chi connectivity index (χ1n) is 11.5. The molecule has 3 rings (SSSR count). The Hall–Kier alpha value is -2.61. The van der Waals surface area contributed by atoms with Crippen LogP contribution in [0, 0.1) is 6.92 Å². The Bertz CT molecular complexity index is 1080. The molecule has 0 saturated heterocycles. The lowest BCUT2D eigenvalue weighted by Crippen LogP contribution is -2.35. The number of likely N-dealkylation sites (N-methyl/N-ethyl adjacent to an activating group) is 1. The number of hydrogen-bond donors (Lipinski definition) is 1. The second-order valence-corrected chi connectivity index (χ2v) is 8.01. The molecule has 8 heteroatoms. The molecule has 0 aliphatic rings. The summed E-state index contributed by atoms with van der Waals surface area (Å²) < 4.78 is 9.06. The van der Waals surface area contributed by atoms with Gasteiger partial charge in [0.2, 0.25) is 5.91 Å². The summed E-state index contributed by atoms with van der Waals surface area (Å²) in [6.45, 7) is 12.3. The first-order valence-corrected chi connectivity index (χ1v) is 11.5. The third kappa shape index (κ3) is 5.36. The van der Waals surface area contributed by atoms with E-state index >= 15 is 0 Å². The van der Waals surface area contributed by atoms with Crippen molar-refractivity contribution in [1.82, 2.24) is 24.4 Å². The molecule has 0 saturated carbocycles. The van der Waals surface area contributed by atoms with Gasteiger partial charge < -0.3 is 14.6 Å². The predicted octanol–water partition coefficient (Wildman–Crippen LogP) is 3.13. The Morgan fingerprint density at radius 3 is 2.68 bits per heavy atom. The van der Waals surface area contributed by atoms with Gasteiger partial charge in [0.05, 0.1) is 5.52 Å². The molecule has 0 bridgehead atoms. The van der Waals surface area contributed by atoms with Crippen molar-refractivity contribution in [2.45, 2.75) is 66.3 Å². The van der Waals surface area contributed by atoms with E-state index in [0.29, 0.717) is 43.5 Å². The molecule has 0 aliphatic carbocycles. The minimum atomic E-state index is -0.156. The minimum absolute atomic E-state index is 0.0204. The van der Waals surface area contributed by atoms with E-state index in [1.807, 2.05) is 24.3 Å². The van der Waals surface area contributed by atoms with Gasteiger partial charge >= 0.3 is 0 Å². The van der Waals surface area contributed by atoms with Gasteiger partial charge in [-0.2, -0.15) is 5.10 Å². The van der Waals surface area contributed by atoms with E-state index in [2.05, 4.69) is 29.2 Å². The average Bonchev–Trinajstić information content (AvgIpc) is 3.28. The van der Waals surface area contributed by atoms with Crippen LogP contribution in [0.2, 0.25) is 0 Å². The van der Waals surface area contributed by atoms with Crippen LogP contribution in [0.25, 0.3) is 16.6 Å². The molecule has 0 spiro atoms. The van der Waals surface area contributed by atoms with Gasteiger partial charge in [-0.05, 0) is 32.9 Å². The lowest BCUT2D eigenvalue weighted by molar-refractivity contribution is -0.121. The second kappa shape index (κ2) is 10.6. The highest BCUT2D eigenvalue weighted by Crippen LogP contribution is 2.23. The van der Waals surface area contributed by atoms with Gasteiger partial charge in [0, 0.05) is 44.6 Å². The number of rotatable bonds is 12. The molecule has 3 aromatic rings. The molecule has 0 unspecified atom stereocenters. The van der Waals surface area contributed by atoms with E-state index in [1.165, 1.54) is 17.5 Å². The van der Waals surface area contributed by atoms with Crippen LogP contribution in [0.15, 0.2) is 21.3 Å². The number of carbonyl (C=O) groups excluding carboxylic acids is 1. The molecule has 8 nitrogen and oxygen atoms in total. The van der Waals surface area contributed by atoms with E-state index in [-0.39, 0.29) is 11.5 Å². The summed E-state index contributed by atoms with van der Waals surface area (Å²) in [5.74, 6) is 1.64. The topological polar surface area (TPSA) is 84.8 Å². The number of aryl methyl sites for hydroxylation is 3. The number of amides is 1. The average molecular weight is 430 g/mol. The molecule has 170 valence electrons. The molecule has 1 amide bonds. The summed E-state index contributed by atoms with van der Waals surface area (Å²) in [4.78, 5) is 27.5. The van der Waals surface area contributed by atoms with E-state index in [0.717, 1.165) is 36.7 Å². The zero-order valence-electron chi connectivity index (χ0n) is 19.2. The number of fused-ring (bicyclic) bond motifs is 3. The smallest absolute Gasteiger partial charge is 0.291 e. The van der Waals surface area contributed by atoms with Crippen molar-refractivity contribution >= 4 is 22.5 Å². The molecule has 0 aliphatic heterocycles. The maximum Gasteiger partial charge on any atom is 0.291 e. The molecule has 31 heavy (non-hydrogen) atoms. The van der Waals surface area contributed by atoms with Crippen molar-refractivity contribution in [3.63, 3.8) is 0 Å². The van der Waals surface area contributed by atoms with Crippen molar-refractivity contribution in [1.29, 1.82) is 0 Å². The molecule has 0 atom stereocenters. The van der Waals surface area contributed by atoms with Crippen molar-refractivity contribution in [2.75, 3.05) is 26.2 Å². The molecule has 0 radical (unpaired) electrons. The first kappa shape index (κ1) is 23.1. The summed E-state index contributed by atoms with van der Waals surface area (Å²) in [6.07, 6.45) is 4.00. The Morgan fingerprint density at radius 2 is 1.97 bits per heavy atom. The van der Waals surface area contributed by atoms with Gasteiger partial charge in [-0.15, -0.1) is 0 Å².